The van der Waals surface area contributed by atoms with Crippen molar-refractivity contribution in [3.8, 4) is 0 Å². The lowest BCUT2D eigenvalue weighted by Crippen LogP contribution is -2.42. The third kappa shape index (κ3) is 6.11. The van der Waals surface area contributed by atoms with Crippen LogP contribution in [0.3, 0.4) is 0 Å². The molecule has 130 valence electrons. The second kappa shape index (κ2) is 10.6. The maximum absolute atomic E-state index is 12.6. The zero-order valence-electron chi connectivity index (χ0n) is 13.6. The molecular weight excluding hydrogens is 316 g/mol. The molecule has 1 aromatic carbocycles. The fourth-order valence-corrected chi connectivity index (χ4v) is 2.71. The molecule has 0 aromatic heterocycles. The maximum Gasteiger partial charge on any atom is 0.251 e. The van der Waals surface area contributed by atoms with Gasteiger partial charge in [-0.15, -0.1) is 12.4 Å². The highest BCUT2D eigenvalue weighted by molar-refractivity contribution is 5.85. The number of hydrogen-bond acceptors (Lipinski definition) is 4. The van der Waals surface area contributed by atoms with E-state index in [1.54, 1.807) is 7.11 Å². The Bertz CT molecular complexity index is 458. The van der Waals surface area contributed by atoms with Crippen LogP contribution in [0.2, 0.25) is 0 Å². The van der Waals surface area contributed by atoms with Crippen LogP contribution < -0.4 is 5.73 Å². The van der Waals surface area contributed by atoms with Crippen LogP contribution >= 0.6 is 12.4 Å². The molecule has 2 rings (SSSR count). The van der Waals surface area contributed by atoms with Gasteiger partial charge < -0.3 is 20.1 Å². The van der Waals surface area contributed by atoms with Crippen LogP contribution in [0.25, 0.3) is 0 Å². The van der Waals surface area contributed by atoms with Crippen molar-refractivity contribution in [3.63, 3.8) is 0 Å². The molecular formula is C17H27ClN2O3. The van der Waals surface area contributed by atoms with Gasteiger partial charge in [0.2, 0.25) is 0 Å². The lowest BCUT2D eigenvalue weighted by molar-refractivity contribution is -0.143. The van der Waals surface area contributed by atoms with Crippen LogP contribution in [0, 0.1) is 0 Å². The van der Waals surface area contributed by atoms with E-state index in [0.717, 1.165) is 19.3 Å². The monoisotopic (exact) mass is 342 g/mol. The quantitative estimate of drug-likeness (QED) is 0.780. The summed E-state index contributed by atoms with van der Waals surface area (Å²) in [6.07, 6.45) is 2.14. The molecule has 2 N–H and O–H groups in total. The topological polar surface area (TPSA) is 64.8 Å². The molecule has 2 atom stereocenters. The van der Waals surface area contributed by atoms with E-state index in [1.165, 1.54) is 5.56 Å². The summed E-state index contributed by atoms with van der Waals surface area (Å²) in [4.78, 5) is 14.5. The van der Waals surface area contributed by atoms with Gasteiger partial charge in [-0.3, -0.25) is 4.79 Å². The molecule has 23 heavy (non-hydrogen) atoms. The Morgan fingerprint density at radius 1 is 1.30 bits per heavy atom. The first-order valence-corrected chi connectivity index (χ1v) is 7.91. The Morgan fingerprint density at radius 2 is 2.04 bits per heavy atom. The second-order valence-electron chi connectivity index (χ2n) is 5.61. The molecule has 1 heterocycles. The third-order valence-electron chi connectivity index (χ3n) is 4.04. The smallest absolute Gasteiger partial charge is 0.251 e. The highest BCUT2D eigenvalue weighted by Crippen LogP contribution is 2.21. The summed E-state index contributed by atoms with van der Waals surface area (Å²) >= 11 is 0. The first kappa shape index (κ1) is 19.9. The Hall–Kier alpha value is -1.14. The minimum absolute atomic E-state index is 0. The van der Waals surface area contributed by atoms with Crippen LogP contribution in [0.4, 0.5) is 0 Å². The van der Waals surface area contributed by atoms with E-state index in [4.69, 9.17) is 15.2 Å². The van der Waals surface area contributed by atoms with Gasteiger partial charge in [0.15, 0.2) is 0 Å². The van der Waals surface area contributed by atoms with Gasteiger partial charge in [-0.1, -0.05) is 30.3 Å². The summed E-state index contributed by atoms with van der Waals surface area (Å²) in [6.45, 7) is 2.29. The molecule has 0 unspecified atom stereocenters. The number of rotatable bonds is 8. The average molecular weight is 343 g/mol. The predicted molar refractivity (Wildman–Crippen MR) is 92.8 cm³/mol. The molecule has 6 heteroatoms. The van der Waals surface area contributed by atoms with Crippen molar-refractivity contribution in [2.75, 3.05) is 33.4 Å². The number of nitrogens with two attached hydrogens (primary N) is 1. The number of benzene rings is 1. The molecule has 1 fully saturated rings. The molecule has 0 radical (unpaired) electrons. The van der Waals surface area contributed by atoms with Gasteiger partial charge in [-0.25, -0.2) is 0 Å². The highest BCUT2D eigenvalue weighted by Gasteiger charge is 2.32. The van der Waals surface area contributed by atoms with Crippen LogP contribution in [0.15, 0.2) is 30.3 Å². The molecule has 1 aromatic rings. The van der Waals surface area contributed by atoms with Gasteiger partial charge in [-0.05, 0) is 24.8 Å². The van der Waals surface area contributed by atoms with Crippen molar-refractivity contribution in [2.45, 2.75) is 31.5 Å². The molecule has 5 nitrogen and oxygen atoms in total. The number of halogens is 1. The summed E-state index contributed by atoms with van der Waals surface area (Å²) < 4.78 is 10.9. The normalized spacial score (nSPS) is 20.1. The van der Waals surface area contributed by atoms with Gasteiger partial charge in [0.05, 0.1) is 12.7 Å². The summed E-state index contributed by atoms with van der Waals surface area (Å²) in [6, 6.07) is 10.2. The summed E-state index contributed by atoms with van der Waals surface area (Å²) in [5.41, 5.74) is 6.84. The molecule has 0 bridgehead atoms. The average Bonchev–Trinajstić information content (AvgIpc) is 3.04. The van der Waals surface area contributed by atoms with Crippen molar-refractivity contribution >= 4 is 18.3 Å². The van der Waals surface area contributed by atoms with E-state index in [1.807, 2.05) is 23.1 Å². The molecule has 1 saturated heterocycles. The predicted octanol–water partition coefficient (Wildman–Crippen LogP) is 1.63. The van der Waals surface area contributed by atoms with Gasteiger partial charge in [0, 0.05) is 26.7 Å². The fraction of sp³-hybridized carbons (Fsp3) is 0.588. The Kier molecular flexibility index (Phi) is 9.17. The zero-order chi connectivity index (χ0) is 15.8. The fourth-order valence-electron chi connectivity index (χ4n) is 2.71. The minimum Gasteiger partial charge on any atom is -0.383 e. The van der Waals surface area contributed by atoms with Crippen molar-refractivity contribution in [1.29, 1.82) is 0 Å². The highest BCUT2D eigenvalue weighted by atomic mass is 35.5. The third-order valence-corrected chi connectivity index (χ3v) is 4.04. The number of carbonyl (C=O) groups is 1. The SMILES string of the molecule is COCCN(CCc1ccccc1)C(=O)[C@@H]1CC[C@H](CN)O1.Cl. The van der Waals surface area contributed by atoms with E-state index in [0.29, 0.717) is 26.2 Å². The number of amides is 1. The number of ether oxygens (including phenoxy) is 2. The Balaban J connectivity index is 0.00000264. The van der Waals surface area contributed by atoms with E-state index < -0.39 is 0 Å². The maximum atomic E-state index is 12.6. The van der Waals surface area contributed by atoms with E-state index in [9.17, 15) is 4.79 Å². The molecule has 1 aliphatic heterocycles. The second-order valence-corrected chi connectivity index (χ2v) is 5.61. The summed E-state index contributed by atoms with van der Waals surface area (Å²) in [5.74, 6) is 0.0592. The van der Waals surface area contributed by atoms with Crippen LogP contribution in [0.5, 0.6) is 0 Å². The van der Waals surface area contributed by atoms with Gasteiger partial charge in [0.1, 0.15) is 6.10 Å². The lowest BCUT2D eigenvalue weighted by Gasteiger charge is -2.25. The molecule has 0 spiro atoms. The van der Waals surface area contributed by atoms with Crippen molar-refractivity contribution in [3.05, 3.63) is 35.9 Å². The zero-order valence-corrected chi connectivity index (χ0v) is 14.5. The van der Waals surface area contributed by atoms with Crippen molar-refractivity contribution < 1.29 is 14.3 Å². The van der Waals surface area contributed by atoms with Gasteiger partial charge >= 0.3 is 0 Å². The molecule has 1 amide bonds. The Labute approximate surface area is 144 Å². The van der Waals surface area contributed by atoms with Crippen LogP contribution in [0.1, 0.15) is 18.4 Å². The number of nitrogens with zero attached hydrogens (tertiary/aromatic N) is 1. The first-order valence-electron chi connectivity index (χ1n) is 7.91. The largest absolute Gasteiger partial charge is 0.383 e. The van der Waals surface area contributed by atoms with Gasteiger partial charge in [0.25, 0.3) is 5.91 Å². The number of methoxy groups -OCH3 is 1. The van der Waals surface area contributed by atoms with Gasteiger partial charge in [-0.2, -0.15) is 0 Å². The van der Waals surface area contributed by atoms with Crippen molar-refractivity contribution in [2.24, 2.45) is 5.73 Å². The van der Waals surface area contributed by atoms with Crippen LogP contribution in [-0.4, -0.2) is 56.4 Å². The lowest BCUT2D eigenvalue weighted by atomic mass is 10.1. The standard InChI is InChI=1S/C17H26N2O3.ClH/c1-21-12-11-19(10-9-14-5-3-2-4-6-14)17(20)16-8-7-15(13-18)22-16;/h2-6,15-16H,7-13,18H2,1H3;1H/t15-,16+;/m1./s1. The molecule has 0 aliphatic carbocycles. The van der Waals surface area contributed by atoms with E-state index in [-0.39, 0.29) is 30.5 Å². The summed E-state index contributed by atoms with van der Waals surface area (Å²) in [7, 11) is 1.65. The van der Waals surface area contributed by atoms with Crippen LogP contribution in [-0.2, 0) is 20.7 Å². The number of hydrogen-bond donors (Lipinski definition) is 1. The first-order chi connectivity index (χ1) is 10.7. The molecule has 1 aliphatic rings. The summed E-state index contributed by atoms with van der Waals surface area (Å²) in [5, 5.41) is 0. The molecule has 0 saturated carbocycles. The van der Waals surface area contributed by atoms with E-state index >= 15 is 0 Å². The van der Waals surface area contributed by atoms with Crippen molar-refractivity contribution in [1.82, 2.24) is 4.90 Å². The number of carbonyl (C=O) groups excluding carboxylic acids is 1. The van der Waals surface area contributed by atoms with E-state index in [2.05, 4.69) is 12.1 Å². The minimum atomic E-state index is -0.346. The Morgan fingerprint density at radius 3 is 2.65 bits per heavy atom.